The van der Waals surface area contributed by atoms with Crippen LogP contribution in [0.1, 0.15) is 18.2 Å². The summed E-state index contributed by atoms with van der Waals surface area (Å²) in [4.78, 5) is 11.7. The number of carbonyl (C=O) groups excluding carboxylic acids is 1. The van der Waals surface area contributed by atoms with Gasteiger partial charge in [0.25, 0.3) is 0 Å². The van der Waals surface area contributed by atoms with Crippen molar-refractivity contribution in [2.24, 2.45) is 0 Å². The van der Waals surface area contributed by atoms with E-state index >= 15 is 0 Å². The molecule has 0 aliphatic heterocycles. The lowest BCUT2D eigenvalue weighted by molar-refractivity contribution is 0.0571. The number of amides is 2. The highest BCUT2D eigenvalue weighted by molar-refractivity contribution is 6.30. The van der Waals surface area contributed by atoms with Crippen LogP contribution in [0.5, 0.6) is 0 Å². The number of carbonyl (C=O) groups is 1. The summed E-state index contributed by atoms with van der Waals surface area (Å²) >= 11 is 5.80. The predicted octanol–water partition coefficient (Wildman–Crippen LogP) is 2.73. The maximum absolute atomic E-state index is 11.7. The van der Waals surface area contributed by atoms with E-state index < -0.39 is 5.60 Å². The summed E-state index contributed by atoms with van der Waals surface area (Å²) in [6.45, 7) is 2.17. The standard InChI is InChI=1S/C16H19ClN2O3/c1-16(21,9-14-3-2-8-22-14)11-19-15(20)18-10-12-4-6-13(17)7-5-12/h2-8,21H,9-11H2,1H3,(H2,18,19,20). The Balaban J connectivity index is 1.73. The number of benzene rings is 1. The molecule has 0 aliphatic carbocycles. The maximum atomic E-state index is 11.7. The smallest absolute Gasteiger partial charge is 0.315 e. The monoisotopic (exact) mass is 322 g/mol. The van der Waals surface area contributed by atoms with Gasteiger partial charge in [-0.25, -0.2) is 4.79 Å². The van der Waals surface area contributed by atoms with E-state index in [1.54, 1.807) is 37.5 Å². The molecule has 0 saturated carbocycles. The Bertz CT molecular complexity index is 594. The topological polar surface area (TPSA) is 74.5 Å². The molecule has 0 fully saturated rings. The lowest BCUT2D eigenvalue weighted by Crippen LogP contribution is -2.45. The summed E-state index contributed by atoms with van der Waals surface area (Å²) in [5.41, 5.74) is -0.128. The number of nitrogens with one attached hydrogen (secondary N) is 2. The summed E-state index contributed by atoms with van der Waals surface area (Å²) in [7, 11) is 0. The van der Waals surface area contributed by atoms with Crippen LogP contribution in [0.3, 0.4) is 0 Å². The second-order valence-electron chi connectivity index (χ2n) is 5.42. The quantitative estimate of drug-likeness (QED) is 0.765. The molecule has 118 valence electrons. The molecule has 1 unspecified atom stereocenters. The van der Waals surface area contributed by atoms with Crippen molar-refractivity contribution in [2.45, 2.75) is 25.5 Å². The first-order chi connectivity index (χ1) is 10.4. The van der Waals surface area contributed by atoms with Crippen LogP contribution >= 0.6 is 11.6 Å². The molecule has 22 heavy (non-hydrogen) atoms. The van der Waals surface area contributed by atoms with Crippen LogP contribution in [0.4, 0.5) is 4.79 Å². The molecular formula is C16H19ClN2O3. The summed E-state index contributed by atoms with van der Waals surface area (Å²) in [6.07, 6.45) is 1.88. The van der Waals surface area contributed by atoms with E-state index in [0.717, 1.165) is 5.56 Å². The SMILES string of the molecule is CC(O)(CNC(=O)NCc1ccc(Cl)cc1)Cc1ccco1. The molecule has 0 aliphatic rings. The van der Waals surface area contributed by atoms with Gasteiger partial charge in [-0.3, -0.25) is 0 Å². The van der Waals surface area contributed by atoms with E-state index in [2.05, 4.69) is 10.6 Å². The zero-order chi connectivity index (χ0) is 16.0. The van der Waals surface area contributed by atoms with Gasteiger partial charge in [-0.2, -0.15) is 0 Å². The highest BCUT2D eigenvalue weighted by Gasteiger charge is 2.23. The van der Waals surface area contributed by atoms with Crippen molar-refractivity contribution >= 4 is 17.6 Å². The number of furan rings is 1. The van der Waals surface area contributed by atoms with Gasteiger partial charge in [-0.15, -0.1) is 0 Å². The maximum Gasteiger partial charge on any atom is 0.315 e. The van der Waals surface area contributed by atoms with Crippen LogP contribution in [-0.4, -0.2) is 23.3 Å². The molecule has 2 amide bonds. The molecule has 2 aromatic rings. The van der Waals surface area contributed by atoms with Crippen LogP contribution in [0.25, 0.3) is 0 Å². The molecule has 0 saturated heterocycles. The second kappa shape index (κ2) is 7.33. The van der Waals surface area contributed by atoms with Crippen molar-refractivity contribution in [3.63, 3.8) is 0 Å². The van der Waals surface area contributed by atoms with Gasteiger partial charge in [0.2, 0.25) is 0 Å². The van der Waals surface area contributed by atoms with Crippen LogP contribution in [0.2, 0.25) is 5.02 Å². The Hall–Kier alpha value is -1.98. The Labute approximate surface area is 134 Å². The largest absolute Gasteiger partial charge is 0.469 e. The lowest BCUT2D eigenvalue weighted by Gasteiger charge is -2.22. The van der Waals surface area contributed by atoms with Crippen molar-refractivity contribution in [3.8, 4) is 0 Å². The van der Waals surface area contributed by atoms with Gasteiger partial charge >= 0.3 is 6.03 Å². The lowest BCUT2D eigenvalue weighted by atomic mass is 10.0. The van der Waals surface area contributed by atoms with Crippen molar-refractivity contribution in [2.75, 3.05) is 6.54 Å². The molecule has 0 bridgehead atoms. The Morgan fingerprint density at radius 3 is 2.64 bits per heavy atom. The average Bonchev–Trinajstić information content (AvgIpc) is 2.97. The normalized spacial score (nSPS) is 13.4. The molecule has 1 atom stereocenters. The number of hydrogen-bond donors (Lipinski definition) is 3. The highest BCUT2D eigenvalue weighted by Crippen LogP contribution is 2.12. The number of rotatable bonds is 6. The van der Waals surface area contributed by atoms with Crippen LogP contribution < -0.4 is 10.6 Å². The fraction of sp³-hybridized carbons (Fsp3) is 0.312. The Kier molecular flexibility index (Phi) is 5.46. The van der Waals surface area contributed by atoms with E-state index in [4.69, 9.17) is 16.0 Å². The van der Waals surface area contributed by atoms with Gasteiger partial charge in [0, 0.05) is 24.5 Å². The molecule has 0 spiro atoms. The minimum Gasteiger partial charge on any atom is -0.469 e. The third kappa shape index (κ3) is 5.42. The summed E-state index contributed by atoms with van der Waals surface area (Å²) in [5, 5.41) is 16.3. The van der Waals surface area contributed by atoms with E-state index in [1.165, 1.54) is 0 Å². The third-order valence-corrected chi connectivity index (χ3v) is 3.38. The molecule has 6 heteroatoms. The van der Waals surface area contributed by atoms with Crippen molar-refractivity contribution < 1.29 is 14.3 Å². The van der Waals surface area contributed by atoms with Gasteiger partial charge in [0.15, 0.2) is 0 Å². The Morgan fingerprint density at radius 1 is 1.27 bits per heavy atom. The van der Waals surface area contributed by atoms with Gasteiger partial charge in [0.1, 0.15) is 5.76 Å². The molecule has 3 N–H and O–H groups in total. The average molecular weight is 323 g/mol. The molecule has 1 aromatic carbocycles. The molecule has 2 rings (SSSR count). The van der Waals surface area contributed by atoms with Crippen LogP contribution in [-0.2, 0) is 13.0 Å². The van der Waals surface area contributed by atoms with E-state index in [1.807, 2.05) is 12.1 Å². The number of urea groups is 1. The molecular weight excluding hydrogens is 304 g/mol. The van der Waals surface area contributed by atoms with Gasteiger partial charge < -0.3 is 20.2 Å². The van der Waals surface area contributed by atoms with E-state index in [-0.39, 0.29) is 12.6 Å². The van der Waals surface area contributed by atoms with Crippen molar-refractivity contribution in [3.05, 3.63) is 59.0 Å². The fourth-order valence-corrected chi connectivity index (χ4v) is 2.09. The third-order valence-electron chi connectivity index (χ3n) is 3.13. The first-order valence-corrected chi connectivity index (χ1v) is 7.33. The molecule has 0 radical (unpaired) electrons. The Morgan fingerprint density at radius 2 is 2.00 bits per heavy atom. The zero-order valence-electron chi connectivity index (χ0n) is 12.3. The number of halogens is 1. The van der Waals surface area contributed by atoms with E-state index in [9.17, 15) is 9.90 Å². The van der Waals surface area contributed by atoms with Gasteiger partial charge in [-0.1, -0.05) is 23.7 Å². The zero-order valence-corrected chi connectivity index (χ0v) is 13.1. The van der Waals surface area contributed by atoms with Crippen molar-refractivity contribution in [1.29, 1.82) is 0 Å². The van der Waals surface area contributed by atoms with E-state index in [0.29, 0.717) is 23.7 Å². The highest BCUT2D eigenvalue weighted by atomic mass is 35.5. The molecule has 1 heterocycles. The van der Waals surface area contributed by atoms with Gasteiger partial charge in [0.05, 0.1) is 11.9 Å². The minimum atomic E-state index is -1.07. The number of hydrogen-bond acceptors (Lipinski definition) is 3. The second-order valence-corrected chi connectivity index (χ2v) is 5.85. The summed E-state index contributed by atoms with van der Waals surface area (Å²) in [5.74, 6) is 0.674. The van der Waals surface area contributed by atoms with Crippen molar-refractivity contribution in [1.82, 2.24) is 10.6 Å². The molecule has 5 nitrogen and oxygen atoms in total. The van der Waals surface area contributed by atoms with Crippen LogP contribution in [0, 0.1) is 0 Å². The first-order valence-electron chi connectivity index (χ1n) is 6.95. The number of aliphatic hydroxyl groups is 1. The minimum absolute atomic E-state index is 0.125. The van der Waals surface area contributed by atoms with Gasteiger partial charge in [-0.05, 0) is 36.8 Å². The first kappa shape index (κ1) is 16.4. The fourth-order valence-electron chi connectivity index (χ4n) is 1.97. The predicted molar refractivity (Wildman–Crippen MR) is 84.7 cm³/mol. The molecule has 1 aromatic heterocycles. The van der Waals surface area contributed by atoms with Crippen LogP contribution in [0.15, 0.2) is 47.1 Å². The summed E-state index contributed by atoms with van der Waals surface area (Å²) < 4.78 is 5.19. The summed E-state index contributed by atoms with van der Waals surface area (Å²) in [6, 6.07) is 10.4.